The van der Waals surface area contributed by atoms with Gasteiger partial charge in [-0.15, -0.1) is 0 Å². The van der Waals surface area contributed by atoms with Crippen LogP contribution in [-0.2, 0) is 0 Å². The van der Waals surface area contributed by atoms with E-state index >= 15 is 0 Å². The number of benzene rings is 3. The number of oxazole rings is 1. The molecule has 0 aliphatic heterocycles. The lowest BCUT2D eigenvalue weighted by Crippen LogP contribution is -2.13. The summed E-state index contributed by atoms with van der Waals surface area (Å²) in [6.07, 6.45) is 0. The van der Waals surface area contributed by atoms with Crippen molar-refractivity contribution in [3.8, 4) is 34.2 Å². The number of amides is 1. The number of nitrogens with one attached hydrogen (secondary N) is 1. The average molecular weight is 400 g/mol. The summed E-state index contributed by atoms with van der Waals surface area (Å²) < 4.78 is 16.5. The van der Waals surface area contributed by atoms with Gasteiger partial charge in [0.15, 0.2) is 0 Å². The lowest BCUT2D eigenvalue weighted by Gasteiger charge is -2.10. The molecule has 0 aliphatic carbocycles. The van der Waals surface area contributed by atoms with Gasteiger partial charge in [-0.1, -0.05) is 48.5 Å². The van der Waals surface area contributed by atoms with Crippen LogP contribution in [0.3, 0.4) is 0 Å². The van der Waals surface area contributed by atoms with Gasteiger partial charge in [-0.25, -0.2) is 4.98 Å². The molecule has 0 aliphatic rings. The van der Waals surface area contributed by atoms with Crippen LogP contribution in [0.2, 0.25) is 0 Å². The number of methoxy groups -OCH3 is 2. The highest BCUT2D eigenvalue weighted by atomic mass is 16.5. The van der Waals surface area contributed by atoms with Crippen LogP contribution in [0.1, 0.15) is 10.4 Å². The quantitative estimate of drug-likeness (QED) is 0.477. The third kappa shape index (κ3) is 3.89. The van der Waals surface area contributed by atoms with Crippen LogP contribution in [0.5, 0.6) is 11.5 Å². The van der Waals surface area contributed by atoms with Gasteiger partial charge in [0, 0.05) is 17.2 Å². The molecule has 0 saturated carbocycles. The zero-order valence-corrected chi connectivity index (χ0v) is 16.6. The normalized spacial score (nSPS) is 10.5. The fraction of sp³-hybridized carbons (Fsp3) is 0.0833. The molecule has 4 rings (SSSR count). The standard InChI is InChI=1S/C24H20N2O4/c1-28-18-13-14-19(20(15-18)29-2)22(27)26-24-21(16-9-5-3-6-10-16)25-23(30-24)17-11-7-4-8-12-17/h3-15H,1-2H3,(H,26,27). The fourth-order valence-corrected chi connectivity index (χ4v) is 3.06. The molecule has 1 aromatic heterocycles. The Labute approximate surface area is 174 Å². The zero-order chi connectivity index (χ0) is 20.9. The van der Waals surface area contributed by atoms with E-state index in [1.54, 1.807) is 25.3 Å². The lowest BCUT2D eigenvalue weighted by molar-refractivity contribution is 0.102. The first-order valence-corrected chi connectivity index (χ1v) is 9.34. The maximum atomic E-state index is 13.0. The number of ether oxygens (including phenoxy) is 2. The molecule has 1 heterocycles. The molecule has 1 amide bonds. The molecule has 0 bridgehead atoms. The largest absolute Gasteiger partial charge is 0.497 e. The van der Waals surface area contributed by atoms with Gasteiger partial charge in [0.25, 0.3) is 5.91 Å². The molecule has 150 valence electrons. The molecule has 3 aromatic carbocycles. The van der Waals surface area contributed by atoms with Gasteiger partial charge < -0.3 is 13.9 Å². The van der Waals surface area contributed by atoms with Crippen molar-refractivity contribution in [3.63, 3.8) is 0 Å². The van der Waals surface area contributed by atoms with Crippen LogP contribution in [0.15, 0.2) is 83.3 Å². The van der Waals surface area contributed by atoms with Crippen molar-refractivity contribution in [1.82, 2.24) is 4.98 Å². The Bertz CT molecular complexity index is 1150. The number of hydrogen-bond acceptors (Lipinski definition) is 5. The summed E-state index contributed by atoms with van der Waals surface area (Å²) in [5.74, 6) is 1.31. The number of carbonyl (C=O) groups is 1. The first-order chi connectivity index (χ1) is 14.7. The van der Waals surface area contributed by atoms with Gasteiger partial charge >= 0.3 is 0 Å². The van der Waals surface area contributed by atoms with E-state index in [9.17, 15) is 4.79 Å². The molecule has 6 nitrogen and oxygen atoms in total. The highest BCUT2D eigenvalue weighted by molar-refractivity contribution is 6.07. The van der Waals surface area contributed by atoms with E-state index in [0.717, 1.165) is 11.1 Å². The zero-order valence-electron chi connectivity index (χ0n) is 16.6. The van der Waals surface area contributed by atoms with E-state index in [1.165, 1.54) is 7.11 Å². The SMILES string of the molecule is COc1ccc(C(=O)Nc2oc(-c3ccccc3)nc2-c2ccccc2)c(OC)c1. The van der Waals surface area contributed by atoms with Crippen molar-refractivity contribution >= 4 is 11.8 Å². The first kappa shape index (κ1) is 19.3. The molecule has 0 fully saturated rings. The molecular weight excluding hydrogens is 380 g/mol. The molecule has 1 N–H and O–H groups in total. The van der Waals surface area contributed by atoms with Gasteiger partial charge in [0.1, 0.15) is 17.2 Å². The fourth-order valence-electron chi connectivity index (χ4n) is 3.06. The summed E-state index contributed by atoms with van der Waals surface area (Å²) in [4.78, 5) is 17.6. The average Bonchev–Trinajstić information content (AvgIpc) is 3.23. The molecule has 30 heavy (non-hydrogen) atoms. The highest BCUT2D eigenvalue weighted by Gasteiger charge is 2.21. The minimum absolute atomic E-state index is 0.267. The lowest BCUT2D eigenvalue weighted by atomic mass is 10.1. The van der Waals surface area contributed by atoms with Gasteiger partial charge in [-0.05, 0) is 24.3 Å². The van der Waals surface area contributed by atoms with E-state index in [4.69, 9.17) is 13.9 Å². The maximum Gasteiger partial charge on any atom is 0.261 e. The Balaban J connectivity index is 1.73. The van der Waals surface area contributed by atoms with Gasteiger partial charge in [0.05, 0.1) is 19.8 Å². The van der Waals surface area contributed by atoms with Crippen molar-refractivity contribution in [2.75, 3.05) is 19.5 Å². The number of nitrogens with zero attached hydrogens (tertiary/aromatic N) is 1. The highest BCUT2D eigenvalue weighted by Crippen LogP contribution is 2.34. The summed E-state index contributed by atoms with van der Waals surface area (Å²) in [7, 11) is 3.06. The van der Waals surface area contributed by atoms with Crippen molar-refractivity contribution in [3.05, 3.63) is 84.4 Å². The minimum Gasteiger partial charge on any atom is -0.497 e. The summed E-state index contributed by atoms with van der Waals surface area (Å²) in [5.41, 5.74) is 2.56. The Morgan fingerprint density at radius 3 is 2.17 bits per heavy atom. The molecule has 0 unspecified atom stereocenters. The topological polar surface area (TPSA) is 73.6 Å². The Morgan fingerprint density at radius 2 is 1.53 bits per heavy atom. The van der Waals surface area contributed by atoms with E-state index in [-0.39, 0.29) is 11.8 Å². The summed E-state index contributed by atoms with van der Waals surface area (Å²) in [6, 6.07) is 24.1. The predicted molar refractivity (Wildman–Crippen MR) is 115 cm³/mol. The van der Waals surface area contributed by atoms with Crippen LogP contribution < -0.4 is 14.8 Å². The molecule has 0 radical (unpaired) electrons. The summed E-state index contributed by atoms with van der Waals surface area (Å²) >= 11 is 0. The Kier molecular flexibility index (Phi) is 5.48. The van der Waals surface area contributed by atoms with Crippen LogP contribution in [0.25, 0.3) is 22.7 Å². The van der Waals surface area contributed by atoms with Gasteiger partial charge in [0.2, 0.25) is 11.8 Å². The van der Waals surface area contributed by atoms with Gasteiger partial charge in [-0.2, -0.15) is 0 Å². The summed E-state index contributed by atoms with van der Waals surface area (Å²) in [5, 5.41) is 2.84. The van der Waals surface area contributed by atoms with Crippen molar-refractivity contribution in [1.29, 1.82) is 0 Å². The van der Waals surface area contributed by atoms with Crippen LogP contribution in [0.4, 0.5) is 5.88 Å². The van der Waals surface area contributed by atoms with Crippen LogP contribution >= 0.6 is 0 Å². The number of anilines is 1. The Hall–Kier alpha value is -4.06. The van der Waals surface area contributed by atoms with Crippen molar-refractivity contribution in [2.45, 2.75) is 0 Å². The number of aromatic nitrogens is 1. The smallest absolute Gasteiger partial charge is 0.261 e. The van der Waals surface area contributed by atoms with E-state index in [0.29, 0.717) is 28.6 Å². The number of carbonyl (C=O) groups excluding carboxylic acids is 1. The Morgan fingerprint density at radius 1 is 0.867 bits per heavy atom. The predicted octanol–water partition coefficient (Wildman–Crippen LogP) is 5.28. The number of hydrogen-bond donors (Lipinski definition) is 1. The monoisotopic (exact) mass is 400 g/mol. The molecule has 0 atom stereocenters. The molecular formula is C24H20N2O4. The second kappa shape index (κ2) is 8.53. The second-order valence-corrected chi connectivity index (χ2v) is 6.45. The van der Waals surface area contributed by atoms with Crippen molar-refractivity contribution < 1.29 is 18.7 Å². The molecule has 0 saturated heterocycles. The third-order valence-corrected chi connectivity index (χ3v) is 4.58. The van der Waals surface area contributed by atoms with Crippen LogP contribution in [-0.4, -0.2) is 25.1 Å². The van der Waals surface area contributed by atoms with E-state index in [2.05, 4.69) is 10.3 Å². The third-order valence-electron chi connectivity index (χ3n) is 4.58. The first-order valence-electron chi connectivity index (χ1n) is 9.34. The van der Waals surface area contributed by atoms with E-state index < -0.39 is 0 Å². The van der Waals surface area contributed by atoms with Crippen LogP contribution in [0, 0.1) is 0 Å². The molecule has 6 heteroatoms. The number of rotatable bonds is 6. The minimum atomic E-state index is -0.373. The second-order valence-electron chi connectivity index (χ2n) is 6.45. The molecule has 0 spiro atoms. The summed E-state index contributed by atoms with van der Waals surface area (Å²) in [6.45, 7) is 0. The van der Waals surface area contributed by atoms with Crippen molar-refractivity contribution in [2.24, 2.45) is 0 Å². The maximum absolute atomic E-state index is 13.0. The van der Waals surface area contributed by atoms with Gasteiger partial charge in [-0.3, -0.25) is 10.1 Å². The van der Waals surface area contributed by atoms with E-state index in [1.807, 2.05) is 60.7 Å². The molecule has 4 aromatic rings.